The number of aromatic carboxylic acids is 1. The molecule has 0 amide bonds. The van der Waals surface area contributed by atoms with Gasteiger partial charge in [-0.2, -0.15) is 0 Å². The zero-order chi connectivity index (χ0) is 12.3. The second kappa shape index (κ2) is 4.35. The van der Waals surface area contributed by atoms with E-state index in [4.69, 9.17) is 10.2 Å². The minimum absolute atomic E-state index is 0.146. The fraction of sp³-hybridized carbons (Fsp3) is 0. The summed E-state index contributed by atoms with van der Waals surface area (Å²) < 4.78 is 0. The Morgan fingerprint density at radius 2 is 1.56 bits per heavy atom. The topological polar surface area (TPSA) is 115 Å². The summed E-state index contributed by atoms with van der Waals surface area (Å²) in [5.74, 6) is -3.56. The first-order valence-corrected chi connectivity index (χ1v) is 4.12. The largest absolute Gasteiger partial charge is 0.507 e. The lowest BCUT2D eigenvalue weighted by Crippen LogP contribution is -1.96. The first kappa shape index (κ1) is 11.6. The molecule has 1 aromatic carbocycles. The van der Waals surface area contributed by atoms with Crippen molar-refractivity contribution in [3.63, 3.8) is 0 Å². The first-order valence-electron chi connectivity index (χ1n) is 4.12. The van der Waals surface area contributed by atoms with E-state index in [1.807, 2.05) is 0 Å². The number of carbonyl (C=O) groups is 2. The van der Waals surface area contributed by atoms with Crippen LogP contribution in [0.1, 0.15) is 15.9 Å². The lowest BCUT2D eigenvalue weighted by atomic mass is 10.1. The molecule has 0 saturated carbocycles. The minimum Gasteiger partial charge on any atom is -0.507 e. The molecular weight excluding hydrogens is 216 g/mol. The van der Waals surface area contributed by atoms with E-state index >= 15 is 0 Å². The van der Waals surface area contributed by atoms with E-state index in [0.717, 1.165) is 24.3 Å². The van der Waals surface area contributed by atoms with Crippen LogP contribution in [0, 0.1) is 0 Å². The third-order valence-corrected chi connectivity index (χ3v) is 1.78. The van der Waals surface area contributed by atoms with Crippen LogP contribution in [0.2, 0.25) is 0 Å². The maximum Gasteiger partial charge on any atom is 0.335 e. The first-order chi connectivity index (χ1) is 7.41. The van der Waals surface area contributed by atoms with Gasteiger partial charge in [0, 0.05) is 6.08 Å². The van der Waals surface area contributed by atoms with Crippen LogP contribution in [-0.4, -0.2) is 32.4 Å². The van der Waals surface area contributed by atoms with E-state index < -0.39 is 23.4 Å². The summed E-state index contributed by atoms with van der Waals surface area (Å²) in [6, 6.07) is 1.84. The summed E-state index contributed by atoms with van der Waals surface area (Å²) in [5, 5.41) is 35.7. The van der Waals surface area contributed by atoms with Crippen LogP contribution in [0.3, 0.4) is 0 Å². The number of aromatic hydroxyl groups is 2. The van der Waals surface area contributed by atoms with E-state index in [9.17, 15) is 19.8 Å². The molecule has 6 nitrogen and oxygen atoms in total. The number of rotatable bonds is 3. The number of carboxylic acid groups (broad SMARTS) is 2. The molecule has 0 saturated heterocycles. The van der Waals surface area contributed by atoms with Gasteiger partial charge in [0.1, 0.15) is 11.5 Å². The van der Waals surface area contributed by atoms with E-state index in [1.165, 1.54) is 0 Å². The van der Waals surface area contributed by atoms with Crippen LogP contribution in [0.5, 0.6) is 11.5 Å². The van der Waals surface area contributed by atoms with Gasteiger partial charge >= 0.3 is 11.9 Å². The molecule has 0 aliphatic carbocycles. The van der Waals surface area contributed by atoms with Gasteiger partial charge in [0.05, 0.1) is 11.1 Å². The molecular formula is C10H8O6. The van der Waals surface area contributed by atoms with E-state index in [0.29, 0.717) is 0 Å². The summed E-state index contributed by atoms with van der Waals surface area (Å²) >= 11 is 0. The highest BCUT2D eigenvalue weighted by Gasteiger charge is 2.11. The summed E-state index contributed by atoms with van der Waals surface area (Å²) in [4.78, 5) is 20.8. The molecule has 0 heterocycles. The summed E-state index contributed by atoms with van der Waals surface area (Å²) in [7, 11) is 0. The Labute approximate surface area is 89.7 Å². The summed E-state index contributed by atoms with van der Waals surface area (Å²) in [5.41, 5.74) is -0.435. The number of phenols is 2. The second-order valence-corrected chi connectivity index (χ2v) is 2.90. The number of hydrogen-bond acceptors (Lipinski definition) is 4. The Morgan fingerprint density at radius 3 is 1.94 bits per heavy atom. The molecule has 84 valence electrons. The Kier molecular flexibility index (Phi) is 3.14. The van der Waals surface area contributed by atoms with Crippen LogP contribution >= 0.6 is 0 Å². The smallest absolute Gasteiger partial charge is 0.335 e. The molecule has 0 fully saturated rings. The molecule has 0 aromatic heterocycles. The third kappa shape index (κ3) is 2.50. The quantitative estimate of drug-likeness (QED) is 0.567. The normalized spacial score (nSPS) is 10.5. The molecule has 1 aromatic rings. The Balaban J connectivity index is 3.22. The van der Waals surface area contributed by atoms with Crippen molar-refractivity contribution in [1.29, 1.82) is 0 Å². The predicted octanol–water partition coefficient (Wildman–Crippen LogP) is 0.894. The van der Waals surface area contributed by atoms with Crippen molar-refractivity contribution in [1.82, 2.24) is 0 Å². The van der Waals surface area contributed by atoms with Gasteiger partial charge in [0.25, 0.3) is 0 Å². The number of phenolic OH excluding ortho intramolecular Hbond substituents is 2. The standard InChI is InChI=1S/C10H8O6/c11-7-3-5(10(15)16)4-8(12)6(7)1-2-9(13)14/h1-4,11-12H,(H,13,14)(H,15,16)/b2-1+. The van der Waals surface area contributed by atoms with Crippen LogP contribution in [0.4, 0.5) is 0 Å². The van der Waals surface area contributed by atoms with Gasteiger partial charge in [-0.15, -0.1) is 0 Å². The fourth-order valence-electron chi connectivity index (χ4n) is 1.07. The van der Waals surface area contributed by atoms with Crippen LogP contribution < -0.4 is 0 Å². The Morgan fingerprint density at radius 1 is 1.06 bits per heavy atom. The van der Waals surface area contributed by atoms with E-state index in [-0.39, 0.29) is 11.1 Å². The van der Waals surface area contributed by atoms with Gasteiger partial charge in [-0.05, 0) is 18.2 Å². The minimum atomic E-state index is -1.31. The number of hydrogen-bond donors (Lipinski definition) is 4. The number of aliphatic carboxylic acids is 1. The highest BCUT2D eigenvalue weighted by atomic mass is 16.4. The highest BCUT2D eigenvalue weighted by Crippen LogP contribution is 2.30. The average molecular weight is 224 g/mol. The predicted molar refractivity (Wildman–Crippen MR) is 53.4 cm³/mol. The van der Waals surface area contributed by atoms with Crippen LogP contribution in [0.15, 0.2) is 18.2 Å². The average Bonchev–Trinajstić information content (AvgIpc) is 2.15. The van der Waals surface area contributed by atoms with Gasteiger partial charge < -0.3 is 20.4 Å². The van der Waals surface area contributed by atoms with Crippen molar-refractivity contribution in [3.8, 4) is 11.5 Å². The molecule has 0 aliphatic rings. The molecule has 0 atom stereocenters. The molecule has 4 N–H and O–H groups in total. The molecule has 0 unspecified atom stereocenters. The second-order valence-electron chi connectivity index (χ2n) is 2.90. The molecule has 0 radical (unpaired) electrons. The number of benzene rings is 1. The molecule has 0 aliphatic heterocycles. The van der Waals surface area contributed by atoms with E-state index in [2.05, 4.69) is 0 Å². The maximum absolute atomic E-state index is 10.5. The molecule has 6 heteroatoms. The van der Waals surface area contributed by atoms with Crippen molar-refractivity contribution in [2.24, 2.45) is 0 Å². The molecule has 1 rings (SSSR count). The summed E-state index contributed by atoms with van der Waals surface area (Å²) in [6.07, 6.45) is 1.69. The Hall–Kier alpha value is -2.50. The van der Waals surface area contributed by atoms with Crippen LogP contribution in [-0.2, 0) is 4.79 Å². The van der Waals surface area contributed by atoms with Gasteiger partial charge in [-0.1, -0.05) is 0 Å². The van der Waals surface area contributed by atoms with Crippen molar-refractivity contribution >= 4 is 18.0 Å². The number of carboxylic acids is 2. The molecule has 0 spiro atoms. The van der Waals surface area contributed by atoms with Gasteiger partial charge in [-0.3, -0.25) is 0 Å². The maximum atomic E-state index is 10.5. The van der Waals surface area contributed by atoms with Gasteiger partial charge in [0.15, 0.2) is 0 Å². The molecule has 0 bridgehead atoms. The van der Waals surface area contributed by atoms with Crippen molar-refractivity contribution in [3.05, 3.63) is 29.3 Å². The zero-order valence-corrected chi connectivity index (χ0v) is 7.91. The summed E-state index contributed by atoms with van der Waals surface area (Å²) in [6.45, 7) is 0. The lowest BCUT2D eigenvalue weighted by Gasteiger charge is -2.04. The van der Waals surface area contributed by atoms with Gasteiger partial charge in [0.2, 0.25) is 0 Å². The van der Waals surface area contributed by atoms with E-state index in [1.54, 1.807) is 0 Å². The fourth-order valence-corrected chi connectivity index (χ4v) is 1.07. The zero-order valence-electron chi connectivity index (χ0n) is 7.91. The van der Waals surface area contributed by atoms with Crippen molar-refractivity contribution in [2.45, 2.75) is 0 Å². The van der Waals surface area contributed by atoms with Crippen LogP contribution in [0.25, 0.3) is 6.08 Å². The third-order valence-electron chi connectivity index (χ3n) is 1.78. The van der Waals surface area contributed by atoms with Crippen molar-refractivity contribution < 1.29 is 30.0 Å². The highest BCUT2D eigenvalue weighted by molar-refractivity contribution is 5.91. The Bertz CT molecular complexity index is 451. The SMILES string of the molecule is O=C(O)/C=C/c1c(O)cc(C(=O)O)cc1O. The van der Waals surface area contributed by atoms with Gasteiger partial charge in [-0.25, -0.2) is 9.59 Å². The van der Waals surface area contributed by atoms with Crippen molar-refractivity contribution in [2.75, 3.05) is 0 Å². The lowest BCUT2D eigenvalue weighted by molar-refractivity contribution is -0.131. The monoisotopic (exact) mass is 224 g/mol. The molecule has 16 heavy (non-hydrogen) atoms.